The average molecular weight is 279 g/mol. The molecule has 0 radical (unpaired) electrons. The van der Waals surface area contributed by atoms with Crippen LogP contribution in [0.5, 0.6) is 5.75 Å². The second-order valence-electron chi connectivity index (χ2n) is 3.79. The van der Waals surface area contributed by atoms with Crippen LogP contribution in [0.1, 0.15) is 21.1 Å². The fourth-order valence-electron chi connectivity index (χ4n) is 1.51. The molecule has 6 heteroatoms. The zero-order valence-electron chi connectivity index (χ0n) is 10.3. The molecule has 1 N–H and O–H groups in total. The number of hydrogen-bond acceptors (Lipinski definition) is 5. The molecular weight excluding hydrogens is 266 g/mol. The number of aromatic nitrogens is 1. The molecule has 0 fully saturated rings. The molecule has 2 rings (SSSR count). The van der Waals surface area contributed by atoms with Crippen LogP contribution >= 0.6 is 11.3 Å². The summed E-state index contributed by atoms with van der Waals surface area (Å²) in [6.45, 7) is 0.720. The number of benzene rings is 1. The molecule has 0 aliphatic rings. The number of rotatable bonds is 6. The van der Waals surface area contributed by atoms with Gasteiger partial charge >= 0.3 is 5.97 Å². The number of nitrogens with zero attached hydrogens (tertiary/aromatic N) is 1. The Bertz CT molecular complexity index is 567. The first-order valence-corrected chi connectivity index (χ1v) is 6.45. The largest absolute Gasteiger partial charge is 0.497 e. The minimum atomic E-state index is -1.01. The molecular formula is C13H13NO4S. The molecule has 0 saturated heterocycles. The molecule has 0 amide bonds. The van der Waals surface area contributed by atoms with Gasteiger partial charge in [-0.25, -0.2) is 9.78 Å². The molecule has 0 bridgehead atoms. The van der Waals surface area contributed by atoms with Crippen molar-refractivity contribution >= 4 is 17.3 Å². The number of carbonyl (C=O) groups is 1. The summed E-state index contributed by atoms with van der Waals surface area (Å²) in [6.07, 6.45) is 0. The van der Waals surface area contributed by atoms with Crippen molar-refractivity contribution in [1.82, 2.24) is 4.98 Å². The number of carboxylic acid groups (broad SMARTS) is 1. The van der Waals surface area contributed by atoms with Gasteiger partial charge in [0.15, 0.2) is 0 Å². The Morgan fingerprint density at radius 1 is 1.42 bits per heavy atom. The van der Waals surface area contributed by atoms with Crippen molar-refractivity contribution in [1.29, 1.82) is 0 Å². The van der Waals surface area contributed by atoms with Crippen LogP contribution in [0.25, 0.3) is 0 Å². The van der Waals surface area contributed by atoms with Crippen LogP contribution in [0.2, 0.25) is 0 Å². The van der Waals surface area contributed by atoms with Gasteiger partial charge in [-0.15, -0.1) is 11.3 Å². The number of thiazole rings is 1. The highest BCUT2D eigenvalue weighted by Crippen LogP contribution is 2.15. The molecule has 1 heterocycles. The molecule has 19 heavy (non-hydrogen) atoms. The summed E-state index contributed by atoms with van der Waals surface area (Å²) in [6, 6.07) is 7.59. The lowest BCUT2D eigenvalue weighted by atomic mass is 10.2. The SMILES string of the molecule is COc1cccc(COCc2csc(C(=O)O)n2)c1. The second-order valence-corrected chi connectivity index (χ2v) is 4.65. The lowest BCUT2D eigenvalue weighted by molar-refractivity contribution is 0.0694. The van der Waals surface area contributed by atoms with Crippen molar-refractivity contribution in [2.75, 3.05) is 7.11 Å². The highest BCUT2D eigenvalue weighted by Gasteiger charge is 2.08. The van der Waals surface area contributed by atoms with Crippen LogP contribution in [0.3, 0.4) is 0 Å². The van der Waals surface area contributed by atoms with Crippen LogP contribution in [0, 0.1) is 0 Å². The smallest absolute Gasteiger partial charge is 0.365 e. The quantitative estimate of drug-likeness (QED) is 0.880. The standard InChI is InChI=1S/C13H13NO4S/c1-17-11-4-2-3-9(5-11)6-18-7-10-8-19-12(14-10)13(15)16/h2-5,8H,6-7H2,1H3,(H,15,16). The van der Waals surface area contributed by atoms with E-state index in [1.165, 1.54) is 0 Å². The van der Waals surface area contributed by atoms with Gasteiger partial charge in [-0.1, -0.05) is 12.1 Å². The van der Waals surface area contributed by atoms with Crippen LogP contribution in [-0.2, 0) is 18.0 Å². The lowest BCUT2D eigenvalue weighted by Gasteiger charge is -2.04. The number of carboxylic acids is 1. The van der Waals surface area contributed by atoms with E-state index < -0.39 is 5.97 Å². The van der Waals surface area contributed by atoms with Gasteiger partial charge in [0.2, 0.25) is 5.01 Å². The van der Waals surface area contributed by atoms with Crippen LogP contribution in [-0.4, -0.2) is 23.2 Å². The molecule has 100 valence electrons. The summed E-state index contributed by atoms with van der Waals surface area (Å²) in [4.78, 5) is 14.6. The van der Waals surface area contributed by atoms with E-state index in [-0.39, 0.29) is 5.01 Å². The molecule has 1 aromatic heterocycles. The van der Waals surface area contributed by atoms with E-state index in [4.69, 9.17) is 14.6 Å². The van der Waals surface area contributed by atoms with Gasteiger partial charge in [0, 0.05) is 5.38 Å². The van der Waals surface area contributed by atoms with Gasteiger partial charge < -0.3 is 14.6 Å². The van der Waals surface area contributed by atoms with Gasteiger partial charge in [-0.3, -0.25) is 0 Å². The van der Waals surface area contributed by atoms with Crippen molar-refractivity contribution < 1.29 is 19.4 Å². The Morgan fingerprint density at radius 3 is 2.95 bits per heavy atom. The Morgan fingerprint density at radius 2 is 2.26 bits per heavy atom. The molecule has 0 aliphatic carbocycles. The summed E-state index contributed by atoms with van der Waals surface area (Å²) in [5.74, 6) is -0.230. The maximum absolute atomic E-state index is 10.7. The summed E-state index contributed by atoms with van der Waals surface area (Å²) in [7, 11) is 1.61. The molecule has 0 saturated carbocycles. The van der Waals surface area contributed by atoms with E-state index in [2.05, 4.69) is 4.98 Å². The zero-order chi connectivity index (χ0) is 13.7. The Kier molecular flexibility index (Phi) is 4.48. The molecule has 0 unspecified atom stereocenters. The number of aromatic carboxylic acids is 1. The van der Waals surface area contributed by atoms with E-state index in [1.807, 2.05) is 24.3 Å². The van der Waals surface area contributed by atoms with E-state index in [0.717, 1.165) is 22.6 Å². The highest BCUT2D eigenvalue weighted by molar-refractivity contribution is 7.11. The Balaban J connectivity index is 1.86. The summed E-state index contributed by atoms with van der Waals surface area (Å²) < 4.78 is 10.6. The Labute approximate surface area is 114 Å². The zero-order valence-corrected chi connectivity index (χ0v) is 11.1. The highest BCUT2D eigenvalue weighted by atomic mass is 32.1. The number of hydrogen-bond donors (Lipinski definition) is 1. The topological polar surface area (TPSA) is 68.7 Å². The third kappa shape index (κ3) is 3.77. The Hall–Kier alpha value is -1.92. The minimum Gasteiger partial charge on any atom is -0.497 e. The van der Waals surface area contributed by atoms with Crippen molar-refractivity contribution in [3.05, 3.63) is 45.9 Å². The molecule has 2 aromatic rings. The summed E-state index contributed by atoms with van der Waals surface area (Å²) in [5.41, 5.74) is 1.62. The van der Waals surface area contributed by atoms with Gasteiger partial charge in [-0.2, -0.15) is 0 Å². The predicted octanol–water partition coefficient (Wildman–Crippen LogP) is 2.57. The first-order chi connectivity index (χ1) is 9.19. The van der Waals surface area contributed by atoms with Gasteiger partial charge in [0.05, 0.1) is 26.0 Å². The normalized spacial score (nSPS) is 10.4. The fourth-order valence-corrected chi connectivity index (χ4v) is 2.15. The van der Waals surface area contributed by atoms with E-state index in [1.54, 1.807) is 12.5 Å². The molecule has 0 spiro atoms. The van der Waals surface area contributed by atoms with Crippen molar-refractivity contribution in [2.45, 2.75) is 13.2 Å². The maximum atomic E-state index is 10.7. The lowest BCUT2D eigenvalue weighted by Crippen LogP contribution is -1.98. The average Bonchev–Trinajstić information content (AvgIpc) is 2.88. The van der Waals surface area contributed by atoms with Crippen LogP contribution in [0.15, 0.2) is 29.6 Å². The first-order valence-electron chi connectivity index (χ1n) is 5.57. The third-order valence-electron chi connectivity index (χ3n) is 2.39. The van der Waals surface area contributed by atoms with Crippen LogP contribution in [0.4, 0.5) is 0 Å². The summed E-state index contributed by atoms with van der Waals surface area (Å²) >= 11 is 1.10. The number of methoxy groups -OCH3 is 1. The van der Waals surface area contributed by atoms with Crippen LogP contribution < -0.4 is 4.74 Å². The molecule has 0 atom stereocenters. The number of ether oxygens (including phenoxy) is 2. The van der Waals surface area contributed by atoms with E-state index in [0.29, 0.717) is 18.9 Å². The molecule has 1 aromatic carbocycles. The van der Waals surface area contributed by atoms with Crippen molar-refractivity contribution in [2.24, 2.45) is 0 Å². The third-order valence-corrected chi connectivity index (χ3v) is 3.27. The van der Waals surface area contributed by atoms with E-state index >= 15 is 0 Å². The fraction of sp³-hybridized carbons (Fsp3) is 0.231. The first kappa shape index (κ1) is 13.5. The van der Waals surface area contributed by atoms with Gasteiger partial charge in [-0.05, 0) is 17.7 Å². The monoisotopic (exact) mass is 279 g/mol. The predicted molar refractivity (Wildman–Crippen MR) is 70.6 cm³/mol. The minimum absolute atomic E-state index is 0.0833. The molecule has 0 aliphatic heterocycles. The van der Waals surface area contributed by atoms with Gasteiger partial charge in [0.1, 0.15) is 5.75 Å². The molecule has 5 nitrogen and oxygen atoms in total. The maximum Gasteiger partial charge on any atom is 0.365 e. The van der Waals surface area contributed by atoms with Crippen molar-refractivity contribution in [3.63, 3.8) is 0 Å². The van der Waals surface area contributed by atoms with Gasteiger partial charge in [0.25, 0.3) is 0 Å². The van der Waals surface area contributed by atoms with E-state index in [9.17, 15) is 4.79 Å². The second kappa shape index (κ2) is 6.31. The van der Waals surface area contributed by atoms with Crippen molar-refractivity contribution in [3.8, 4) is 5.75 Å². The summed E-state index contributed by atoms with van der Waals surface area (Å²) in [5, 5.41) is 10.5.